The van der Waals surface area contributed by atoms with Gasteiger partial charge >= 0.3 is 0 Å². The molecule has 0 fully saturated rings. The van der Waals surface area contributed by atoms with Crippen molar-refractivity contribution in [1.82, 2.24) is 0 Å². The van der Waals surface area contributed by atoms with Crippen molar-refractivity contribution in [1.29, 1.82) is 0 Å². The molecular weight excluding hydrogens is 201 g/mol. The van der Waals surface area contributed by atoms with Gasteiger partial charge in [0, 0.05) is 6.07 Å². The van der Waals surface area contributed by atoms with Crippen LogP contribution in [0.4, 0.5) is 10.1 Å². The highest BCUT2D eigenvalue weighted by atomic mass is 19.1. The number of benzene rings is 1. The quantitative estimate of drug-likeness (QED) is 0.426. The van der Waals surface area contributed by atoms with Gasteiger partial charge in [0.15, 0.2) is 0 Å². The van der Waals surface area contributed by atoms with Crippen LogP contribution in [0.3, 0.4) is 0 Å². The van der Waals surface area contributed by atoms with E-state index in [1.54, 1.807) is 12.2 Å². The third-order valence-corrected chi connectivity index (χ3v) is 2.19. The number of hydrogen-bond acceptors (Lipinski definition) is 3. The first kappa shape index (κ1) is 9.79. The molecule has 15 heavy (non-hydrogen) atoms. The molecule has 0 amide bonds. The first-order valence-electron chi connectivity index (χ1n) is 4.41. The number of nitro groups is 1. The molecule has 1 atom stereocenters. The number of hydrogen-bond donors (Lipinski definition) is 0. The topological polar surface area (TPSA) is 52.4 Å². The lowest BCUT2D eigenvalue weighted by Gasteiger charge is -2.09. The third kappa shape index (κ3) is 1.73. The van der Waals surface area contributed by atoms with Gasteiger partial charge in [0.25, 0.3) is 5.69 Å². The van der Waals surface area contributed by atoms with E-state index in [-0.39, 0.29) is 11.3 Å². The molecule has 1 aliphatic rings. The lowest BCUT2D eigenvalue weighted by atomic mass is 10.1. The smallest absolute Gasteiger partial charge is 0.278 e. The van der Waals surface area contributed by atoms with Gasteiger partial charge in [-0.2, -0.15) is 0 Å². The van der Waals surface area contributed by atoms with Crippen molar-refractivity contribution in [3.05, 3.63) is 51.8 Å². The van der Waals surface area contributed by atoms with E-state index in [2.05, 4.69) is 0 Å². The Kier molecular flexibility index (Phi) is 2.47. The summed E-state index contributed by atoms with van der Waals surface area (Å²) in [7, 11) is 0. The Morgan fingerprint density at radius 3 is 2.93 bits per heavy atom. The average molecular weight is 209 g/mol. The molecule has 4 nitrogen and oxygen atoms in total. The van der Waals surface area contributed by atoms with Crippen LogP contribution in [-0.2, 0) is 4.74 Å². The zero-order chi connectivity index (χ0) is 10.8. The molecule has 0 saturated carbocycles. The van der Waals surface area contributed by atoms with Crippen molar-refractivity contribution in [2.45, 2.75) is 6.10 Å². The summed E-state index contributed by atoms with van der Waals surface area (Å²) in [5.74, 6) is -0.610. The summed E-state index contributed by atoms with van der Waals surface area (Å²) < 4.78 is 18.6. The molecule has 0 aliphatic carbocycles. The van der Waals surface area contributed by atoms with Crippen LogP contribution < -0.4 is 0 Å². The summed E-state index contributed by atoms with van der Waals surface area (Å²) in [5, 5.41) is 10.7. The lowest BCUT2D eigenvalue weighted by Crippen LogP contribution is -2.04. The lowest BCUT2D eigenvalue weighted by molar-refractivity contribution is -0.386. The summed E-state index contributed by atoms with van der Waals surface area (Å²) in [6, 6.07) is 3.78. The summed E-state index contributed by atoms with van der Waals surface area (Å²) >= 11 is 0. The molecule has 0 saturated heterocycles. The summed E-state index contributed by atoms with van der Waals surface area (Å²) in [4.78, 5) is 10.1. The molecule has 0 N–H and O–H groups in total. The predicted octanol–water partition coefficient (Wildman–Crippen LogP) is 2.36. The Balaban J connectivity index is 2.51. The van der Waals surface area contributed by atoms with Gasteiger partial charge in [-0.3, -0.25) is 10.1 Å². The standard InChI is InChI=1S/C10H8FNO3/c11-7-3-1-4-8(12(13)14)10(7)9-5-2-6-15-9/h1-5,9H,6H2/t9-/m0/s1. The minimum Gasteiger partial charge on any atom is -0.365 e. The van der Waals surface area contributed by atoms with Crippen LogP contribution in [-0.4, -0.2) is 11.5 Å². The van der Waals surface area contributed by atoms with Gasteiger partial charge in [0.1, 0.15) is 11.9 Å². The molecule has 1 aliphatic heterocycles. The van der Waals surface area contributed by atoms with E-state index in [9.17, 15) is 14.5 Å². The van der Waals surface area contributed by atoms with Crippen molar-refractivity contribution in [2.24, 2.45) is 0 Å². The molecule has 1 heterocycles. The molecule has 2 rings (SSSR count). The van der Waals surface area contributed by atoms with Crippen LogP contribution in [0.5, 0.6) is 0 Å². The van der Waals surface area contributed by atoms with Crippen LogP contribution in [0, 0.1) is 15.9 Å². The minimum atomic E-state index is -0.647. The molecule has 0 radical (unpaired) electrons. The van der Waals surface area contributed by atoms with E-state index in [0.29, 0.717) is 6.61 Å². The van der Waals surface area contributed by atoms with Gasteiger partial charge in [-0.1, -0.05) is 18.2 Å². The van der Waals surface area contributed by atoms with E-state index in [1.807, 2.05) is 0 Å². The van der Waals surface area contributed by atoms with Gasteiger partial charge in [-0.25, -0.2) is 4.39 Å². The first-order chi connectivity index (χ1) is 7.20. The molecule has 78 valence electrons. The van der Waals surface area contributed by atoms with Crippen LogP contribution >= 0.6 is 0 Å². The second-order valence-electron chi connectivity index (χ2n) is 3.11. The second kappa shape index (κ2) is 3.78. The number of nitrogens with zero attached hydrogens (tertiary/aromatic N) is 1. The molecule has 1 aromatic rings. The first-order valence-corrected chi connectivity index (χ1v) is 4.41. The Morgan fingerprint density at radius 2 is 2.33 bits per heavy atom. The second-order valence-corrected chi connectivity index (χ2v) is 3.11. The number of nitro benzene ring substituents is 1. The van der Waals surface area contributed by atoms with E-state index in [1.165, 1.54) is 18.2 Å². The Labute approximate surface area is 85.1 Å². The molecule has 0 aromatic heterocycles. The normalized spacial score (nSPS) is 19.4. The van der Waals surface area contributed by atoms with Gasteiger partial charge in [-0.05, 0) is 6.07 Å². The third-order valence-electron chi connectivity index (χ3n) is 2.19. The maximum Gasteiger partial charge on any atom is 0.278 e. The highest BCUT2D eigenvalue weighted by Crippen LogP contribution is 2.32. The van der Waals surface area contributed by atoms with Crippen molar-refractivity contribution >= 4 is 5.69 Å². The van der Waals surface area contributed by atoms with E-state index in [0.717, 1.165) is 0 Å². The van der Waals surface area contributed by atoms with Crippen molar-refractivity contribution < 1.29 is 14.1 Å². The zero-order valence-corrected chi connectivity index (χ0v) is 7.72. The van der Waals surface area contributed by atoms with E-state index >= 15 is 0 Å². The van der Waals surface area contributed by atoms with Crippen molar-refractivity contribution in [3.63, 3.8) is 0 Å². The Hall–Kier alpha value is -1.75. The molecule has 1 aromatic carbocycles. The van der Waals surface area contributed by atoms with Crippen LogP contribution in [0.1, 0.15) is 11.7 Å². The monoisotopic (exact) mass is 209 g/mol. The number of rotatable bonds is 2. The van der Waals surface area contributed by atoms with Gasteiger partial charge in [0.2, 0.25) is 0 Å². The largest absolute Gasteiger partial charge is 0.365 e. The van der Waals surface area contributed by atoms with Gasteiger partial charge in [-0.15, -0.1) is 0 Å². The fourth-order valence-electron chi connectivity index (χ4n) is 1.54. The van der Waals surface area contributed by atoms with E-state index in [4.69, 9.17) is 4.74 Å². The summed E-state index contributed by atoms with van der Waals surface area (Å²) in [6.07, 6.45) is 2.68. The SMILES string of the molecule is O=[N+]([O-])c1cccc(F)c1[C@@H]1C=CCO1. The fourth-order valence-corrected chi connectivity index (χ4v) is 1.54. The highest BCUT2D eigenvalue weighted by Gasteiger charge is 2.26. The maximum absolute atomic E-state index is 13.4. The van der Waals surface area contributed by atoms with Crippen molar-refractivity contribution in [2.75, 3.05) is 6.61 Å². The van der Waals surface area contributed by atoms with Crippen LogP contribution in [0.2, 0.25) is 0 Å². The Morgan fingerprint density at radius 1 is 1.53 bits per heavy atom. The molecular formula is C10H8FNO3. The van der Waals surface area contributed by atoms with Crippen LogP contribution in [0.25, 0.3) is 0 Å². The zero-order valence-electron chi connectivity index (χ0n) is 7.72. The molecule has 5 heteroatoms. The molecule has 0 bridgehead atoms. The molecule has 0 spiro atoms. The minimum absolute atomic E-state index is 0.00347. The Bertz CT molecular complexity index is 431. The summed E-state index contributed by atoms with van der Waals surface area (Å²) in [6.45, 7) is 0.357. The van der Waals surface area contributed by atoms with Crippen molar-refractivity contribution in [3.8, 4) is 0 Å². The highest BCUT2D eigenvalue weighted by molar-refractivity contribution is 5.44. The molecule has 0 unspecified atom stereocenters. The fraction of sp³-hybridized carbons (Fsp3) is 0.200. The van der Waals surface area contributed by atoms with Crippen LogP contribution in [0.15, 0.2) is 30.4 Å². The van der Waals surface area contributed by atoms with E-state index < -0.39 is 16.8 Å². The van der Waals surface area contributed by atoms with Gasteiger partial charge in [0.05, 0.1) is 17.1 Å². The van der Waals surface area contributed by atoms with Gasteiger partial charge < -0.3 is 4.74 Å². The summed E-state index contributed by atoms with van der Waals surface area (Å²) in [5.41, 5.74) is -0.247. The number of halogens is 1. The average Bonchev–Trinajstić information content (AvgIpc) is 2.70. The predicted molar refractivity (Wildman–Crippen MR) is 50.9 cm³/mol. The number of ether oxygens (including phenoxy) is 1. The maximum atomic E-state index is 13.4.